The minimum absolute atomic E-state index is 0.119. The van der Waals surface area contributed by atoms with E-state index in [1.54, 1.807) is 11.9 Å². The van der Waals surface area contributed by atoms with Gasteiger partial charge in [-0.05, 0) is 50.4 Å². The van der Waals surface area contributed by atoms with Crippen molar-refractivity contribution in [1.82, 2.24) is 15.8 Å². The van der Waals surface area contributed by atoms with E-state index >= 15 is 0 Å². The van der Waals surface area contributed by atoms with Gasteiger partial charge in [-0.1, -0.05) is 0 Å². The summed E-state index contributed by atoms with van der Waals surface area (Å²) in [6.07, 6.45) is 3.48. The highest BCUT2D eigenvalue weighted by Crippen LogP contribution is 2.36. The highest BCUT2D eigenvalue weighted by Gasteiger charge is 2.38. The third-order valence-electron chi connectivity index (χ3n) is 4.88. The summed E-state index contributed by atoms with van der Waals surface area (Å²) in [5, 5.41) is 9.62. The molecule has 1 saturated heterocycles. The first kappa shape index (κ1) is 17.1. The lowest BCUT2D eigenvalue weighted by molar-refractivity contribution is -0.143. The van der Waals surface area contributed by atoms with Crippen LogP contribution in [0.3, 0.4) is 0 Å². The van der Waals surface area contributed by atoms with Crippen LogP contribution < -0.4 is 15.6 Å². The van der Waals surface area contributed by atoms with Crippen molar-refractivity contribution >= 4 is 5.97 Å². The fraction of sp³-hybridized carbons (Fsp3) is 0.588. The molecule has 1 aromatic rings. The molecule has 6 nitrogen and oxygen atoms in total. The lowest BCUT2D eigenvalue weighted by atomic mass is 10.0. The van der Waals surface area contributed by atoms with Gasteiger partial charge in [0.2, 0.25) is 0 Å². The smallest absolute Gasteiger partial charge is 0.325 e. The number of nitrogens with one attached hydrogen (secondary N) is 2. The van der Waals surface area contributed by atoms with Gasteiger partial charge < -0.3 is 9.84 Å². The predicted octanol–water partition coefficient (Wildman–Crippen LogP) is 1.54. The Morgan fingerprint density at radius 2 is 2.21 bits per heavy atom. The van der Waals surface area contributed by atoms with E-state index in [9.17, 15) is 14.3 Å². The second-order valence-electron chi connectivity index (χ2n) is 6.73. The number of hydrogen-bond acceptors (Lipinski definition) is 5. The van der Waals surface area contributed by atoms with Gasteiger partial charge in [0.15, 0.2) is 0 Å². The molecule has 0 bridgehead atoms. The van der Waals surface area contributed by atoms with Crippen molar-refractivity contribution in [3.63, 3.8) is 0 Å². The number of ether oxygens (including phenoxy) is 1. The number of aliphatic carboxylic acids is 1. The number of likely N-dealkylation sites (N-methyl/N-ethyl adjacent to an activating group) is 1. The minimum Gasteiger partial charge on any atom is -0.497 e. The molecule has 2 aliphatic rings. The maximum Gasteiger partial charge on any atom is 0.325 e. The molecule has 0 aromatic heterocycles. The van der Waals surface area contributed by atoms with Crippen molar-refractivity contribution in [2.75, 3.05) is 20.7 Å². The van der Waals surface area contributed by atoms with Gasteiger partial charge in [-0.25, -0.2) is 4.39 Å². The number of benzene rings is 1. The monoisotopic (exact) mass is 337 g/mol. The average molecular weight is 337 g/mol. The van der Waals surface area contributed by atoms with Gasteiger partial charge in [0.1, 0.15) is 17.6 Å². The standard InChI is InChI=1S/C17H24FN3O3/c1-21(9-11-7-15(20-19-11)10-3-4-10)16(17(22)23)13-8-12(24-2)5-6-14(13)18/h5-6,8,10-11,15-16,19-20H,3-4,7,9H2,1-2H3,(H,22,23). The van der Waals surface area contributed by atoms with E-state index in [1.807, 2.05) is 0 Å². The Labute approximate surface area is 140 Å². The summed E-state index contributed by atoms with van der Waals surface area (Å²) in [7, 11) is 3.19. The van der Waals surface area contributed by atoms with Gasteiger partial charge in [0.05, 0.1) is 7.11 Å². The van der Waals surface area contributed by atoms with Crippen LogP contribution in [0.25, 0.3) is 0 Å². The zero-order chi connectivity index (χ0) is 17.3. The molecule has 24 heavy (non-hydrogen) atoms. The molecule has 7 heteroatoms. The summed E-state index contributed by atoms with van der Waals surface area (Å²) in [6.45, 7) is 0.518. The van der Waals surface area contributed by atoms with E-state index in [-0.39, 0.29) is 11.6 Å². The summed E-state index contributed by atoms with van der Waals surface area (Å²) in [5.41, 5.74) is 6.65. The number of hydrazine groups is 1. The predicted molar refractivity (Wildman–Crippen MR) is 87.1 cm³/mol. The van der Waals surface area contributed by atoms with Gasteiger partial charge in [-0.15, -0.1) is 0 Å². The third kappa shape index (κ3) is 3.68. The summed E-state index contributed by atoms with van der Waals surface area (Å²) < 4.78 is 19.3. The van der Waals surface area contributed by atoms with E-state index in [1.165, 1.54) is 38.2 Å². The normalized spacial score (nSPS) is 25.0. The molecule has 1 aliphatic carbocycles. The van der Waals surface area contributed by atoms with Crippen LogP contribution >= 0.6 is 0 Å². The SMILES string of the molecule is COc1ccc(F)c(C(C(=O)O)N(C)CC2CC(C3CC3)NN2)c1. The minimum atomic E-state index is -1.07. The highest BCUT2D eigenvalue weighted by molar-refractivity contribution is 5.75. The first-order valence-electron chi connectivity index (χ1n) is 8.27. The summed E-state index contributed by atoms with van der Waals surface area (Å²) in [4.78, 5) is 13.4. The van der Waals surface area contributed by atoms with Crippen LogP contribution in [-0.2, 0) is 4.79 Å². The molecule has 0 amide bonds. The number of hydrogen-bond donors (Lipinski definition) is 3. The maximum absolute atomic E-state index is 14.2. The second kappa shape index (κ2) is 7.04. The second-order valence-corrected chi connectivity index (χ2v) is 6.73. The third-order valence-corrected chi connectivity index (χ3v) is 4.88. The quantitative estimate of drug-likeness (QED) is 0.701. The number of carbonyl (C=O) groups is 1. The Kier molecular flexibility index (Phi) is 5.03. The Balaban J connectivity index is 1.72. The zero-order valence-corrected chi connectivity index (χ0v) is 14.0. The largest absolute Gasteiger partial charge is 0.497 e. The van der Waals surface area contributed by atoms with Crippen LogP contribution in [0, 0.1) is 11.7 Å². The molecule has 0 spiro atoms. The van der Waals surface area contributed by atoms with Crippen LogP contribution in [0.15, 0.2) is 18.2 Å². The number of methoxy groups -OCH3 is 1. The Bertz CT molecular complexity index is 609. The molecular weight excluding hydrogens is 313 g/mol. The van der Waals surface area contributed by atoms with Gasteiger partial charge in [0.25, 0.3) is 0 Å². The van der Waals surface area contributed by atoms with Crippen molar-refractivity contribution in [2.45, 2.75) is 37.4 Å². The molecule has 1 heterocycles. The molecule has 3 N–H and O–H groups in total. The van der Waals surface area contributed by atoms with Crippen LogP contribution in [0.2, 0.25) is 0 Å². The van der Waals surface area contributed by atoms with Crippen molar-refractivity contribution in [3.8, 4) is 5.75 Å². The van der Waals surface area contributed by atoms with Crippen molar-refractivity contribution < 1.29 is 19.0 Å². The topological polar surface area (TPSA) is 73.8 Å². The summed E-state index contributed by atoms with van der Waals surface area (Å²) in [6, 6.07) is 3.74. The molecule has 1 aromatic carbocycles. The number of halogens is 1. The molecular formula is C17H24FN3O3. The zero-order valence-electron chi connectivity index (χ0n) is 14.0. The first-order chi connectivity index (χ1) is 11.5. The van der Waals surface area contributed by atoms with Crippen molar-refractivity contribution in [1.29, 1.82) is 0 Å². The maximum atomic E-state index is 14.2. The molecule has 132 valence electrons. The number of rotatable bonds is 7. The van der Waals surface area contributed by atoms with E-state index in [4.69, 9.17) is 4.74 Å². The Morgan fingerprint density at radius 1 is 1.46 bits per heavy atom. The van der Waals surface area contributed by atoms with Crippen LogP contribution in [0.1, 0.15) is 30.9 Å². The number of carboxylic acid groups (broad SMARTS) is 1. The molecule has 3 rings (SSSR count). The van der Waals surface area contributed by atoms with E-state index in [2.05, 4.69) is 10.9 Å². The Morgan fingerprint density at radius 3 is 2.83 bits per heavy atom. The fourth-order valence-corrected chi connectivity index (χ4v) is 3.45. The van der Waals surface area contributed by atoms with E-state index in [0.29, 0.717) is 18.3 Å². The highest BCUT2D eigenvalue weighted by atomic mass is 19.1. The molecule has 2 fully saturated rings. The molecule has 3 atom stereocenters. The first-order valence-corrected chi connectivity index (χ1v) is 8.27. The van der Waals surface area contributed by atoms with E-state index < -0.39 is 17.8 Å². The fourth-order valence-electron chi connectivity index (χ4n) is 3.45. The molecule has 1 aliphatic heterocycles. The van der Waals surface area contributed by atoms with Crippen LogP contribution in [0.4, 0.5) is 4.39 Å². The summed E-state index contributed by atoms with van der Waals surface area (Å²) >= 11 is 0. The van der Waals surface area contributed by atoms with Crippen LogP contribution in [-0.4, -0.2) is 48.8 Å². The summed E-state index contributed by atoms with van der Waals surface area (Å²) in [5.74, 6) is -0.433. The Hall–Kier alpha value is -1.70. The number of carboxylic acids is 1. The van der Waals surface area contributed by atoms with Gasteiger partial charge in [-0.2, -0.15) is 0 Å². The van der Waals surface area contributed by atoms with Gasteiger partial charge in [-0.3, -0.25) is 20.5 Å². The molecule has 3 unspecified atom stereocenters. The molecule has 1 saturated carbocycles. The lowest BCUT2D eigenvalue weighted by Gasteiger charge is -2.27. The van der Waals surface area contributed by atoms with Gasteiger partial charge >= 0.3 is 5.97 Å². The van der Waals surface area contributed by atoms with Crippen molar-refractivity contribution in [2.24, 2.45) is 5.92 Å². The van der Waals surface area contributed by atoms with Crippen molar-refractivity contribution in [3.05, 3.63) is 29.6 Å². The van der Waals surface area contributed by atoms with Crippen LogP contribution in [0.5, 0.6) is 5.75 Å². The number of nitrogens with zero attached hydrogens (tertiary/aromatic N) is 1. The lowest BCUT2D eigenvalue weighted by Crippen LogP contribution is -2.42. The average Bonchev–Trinajstić information content (AvgIpc) is 3.29. The van der Waals surface area contributed by atoms with E-state index in [0.717, 1.165) is 12.3 Å². The van der Waals surface area contributed by atoms with Gasteiger partial charge in [0, 0.05) is 24.2 Å². The molecule has 0 radical (unpaired) electrons.